The molecule has 1 aromatic carbocycles. The van der Waals surface area contributed by atoms with Crippen LogP contribution in [0.1, 0.15) is 39.2 Å². The van der Waals surface area contributed by atoms with Crippen molar-refractivity contribution in [3.8, 4) is 11.5 Å². The Kier molecular flexibility index (Phi) is 11.3. The number of hydrogen-bond acceptors (Lipinski definition) is 4. The third-order valence-electron chi connectivity index (χ3n) is 3.42. The molecule has 1 rings (SSSR count). The number of hydrogen-bond donors (Lipinski definition) is 2. The molecule has 6 nitrogen and oxygen atoms in total. The lowest BCUT2D eigenvalue weighted by atomic mass is 10.2. The van der Waals surface area contributed by atoms with Crippen molar-refractivity contribution in [2.24, 2.45) is 4.99 Å². The first-order chi connectivity index (χ1) is 12.2. The number of nitrogens with one attached hydrogen (secondary N) is 2. The van der Waals surface area contributed by atoms with Crippen molar-refractivity contribution >= 4 is 5.96 Å². The average molecular weight is 351 g/mol. The fraction of sp³-hybridized carbons (Fsp3) is 0.632. The molecule has 25 heavy (non-hydrogen) atoms. The van der Waals surface area contributed by atoms with E-state index in [-0.39, 0.29) is 0 Å². The normalized spacial score (nSPS) is 11.3. The topological polar surface area (TPSA) is 64.1 Å². The first-order valence-electron chi connectivity index (χ1n) is 9.14. The van der Waals surface area contributed by atoms with Gasteiger partial charge < -0.3 is 24.8 Å². The number of guanidine groups is 1. The van der Waals surface area contributed by atoms with E-state index in [1.54, 1.807) is 7.11 Å². The van der Waals surface area contributed by atoms with E-state index in [9.17, 15) is 0 Å². The van der Waals surface area contributed by atoms with Gasteiger partial charge in [-0.2, -0.15) is 0 Å². The summed E-state index contributed by atoms with van der Waals surface area (Å²) in [5, 5.41) is 6.57. The van der Waals surface area contributed by atoms with Crippen LogP contribution in [0.15, 0.2) is 23.2 Å². The highest BCUT2D eigenvalue weighted by atomic mass is 16.5. The van der Waals surface area contributed by atoms with Gasteiger partial charge in [0.15, 0.2) is 17.5 Å². The molecule has 0 saturated carbocycles. The van der Waals surface area contributed by atoms with E-state index in [1.165, 1.54) is 0 Å². The molecule has 0 amide bonds. The molecule has 0 aromatic heterocycles. The summed E-state index contributed by atoms with van der Waals surface area (Å²) >= 11 is 0. The molecule has 0 heterocycles. The van der Waals surface area contributed by atoms with Crippen molar-refractivity contribution < 1.29 is 14.2 Å². The summed E-state index contributed by atoms with van der Waals surface area (Å²) < 4.78 is 16.4. The Labute approximate surface area is 152 Å². The van der Waals surface area contributed by atoms with E-state index in [0.717, 1.165) is 62.2 Å². The van der Waals surface area contributed by atoms with Gasteiger partial charge >= 0.3 is 0 Å². The van der Waals surface area contributed by atoms with Crippen LogP contribution >= 0.6 is 0 Å². The third-order valence-corrected chi connectivity index (χ3v) is 3.42. The van der Waals surface area contributed by atoms with E-state index in [4.69, 9.17) is 14.2 Å². The Morgan fingerprint density at radius 2 is 1.92 bits per heavy atom. The van der Waals surface area contributed by atoms with Gasteiger partial charge in [0.25, 0.3) is 0 Å². The molecule has 142 valence electrons. The number of ether oxygens (including phenoxy) is 3. The molecular formula is C19H33N3O3. The minimum Gasteiger partial charge on any atom is -0.493 e. The first-order valence-corrected chi connectivity index (χ1v) is 9.14. The van der Waals surface area contributed by atoms with Gasteiger partial charge in [-0.15, -0.1) is 0 Å². The summed E-state index contributed by atoms with van der Waals surface area (Å²) in [6.07, 6.45) is 1.92. The van der Waals surface area contributed by atoms with Gasteiger partial charge in [0, 0.05) is 26.3 Å². The van der Waals surface area contributed by atoms with Crippen LogP contribution in [0.5, 0.6) is 11.5 Å². The molecule has 0 unspecified atom stereocenters. The molecule has 1 aromatic rings. The van der Waals surface area contributed by atoms with E-state index in [1.807, 2.05) is 25.1 Å². The van der Waals surface area contributed by atoms with Gasteiger partial charge in [-0.3, -0.25) is 0 Å². The zero-order valence-electron chi connectivity index (χ0n) is 16.1. The molecule has 0 bridgehead atoms. The van der Waals surface area contributed by atoms with Crippen LogP contribution < -0.4 is 20.1 Å². The van der Waals surface area contributed by atoms with Gasteiger partial charge in [0.05, 0.1) is 20.3 Å². The van der Waals surface area contributed by atoms with Crippen molar-refractivity contribution in [3.63, 3.8) is 0 Å². The van der Waals surface area contributed by atoms with E-state index >= 15 is 0 Å². The minimum absolute atomic E-state index is 0.575. The summed E-state index contributed by atoms with van der Waals surface area (Å²) in [6, 6.07) is 5.95. The zero-order chi connectivity index (χ0) is 18.3. The molecule has 0 aliphatic heterocycles. The van der Waals surface area contributed by atoms with Gasteiger partial charge in [-0.1, -0.05) is 13.0 Å². The Balaban J connectivity index is 2.61. The predicted molar refractivity (Wildman–Crippen MR) is 103 cm³/mol. The highest BCUT2D eigenvalue weighted by Crippen LogP contribution is 2.28. The van der Waals surface area contributed by atoms with Crippen LogP contribution in [0, 0.1) is 0 Å². The van der Waals surface area contributed by atoms with Crippen molar-refractivity contribution in [1.82, 2.24) is 10.6 Å². The van der Waals surface area contributed by atoms with E-state index in [0.29, 0.717) is 13.2 Å². The maximum atomic E-state index is 5.68. The van der Waals surface area contributed by atoms with Gasteiger partial charge in [-0.25, -0.2) is 4.99 Å². The smallest absolute Gasteiger partial charge is 0.191 e. The number of methoxy groups -OCH3 is 1. The quantitative estimate of drug-likeness (QED) is 0.344. The lowest BCUT2D eigenvalue weighted by Gasteiger charge is -2.13. The SMILES string of the molecule is CCCOc1ccc(CN=C(NCC)NCCCOCC)cc1OC. The second kappa shape index (κ2) is 13.4. The lowest BCUT2D eigenvalue weighted by Crippen LogP contribution is -2.38. The summed E-state index contributed by atoms with van der Waals surface area (Å²) in [5.74, 6) is 2.33. The zero-order valence-corrected chi connectivity index (χ0v) is 16.1. The van der Waals surface area contributed by atoms with E-state index < -0.39 is 0 Å². The molecule has 6 heteroatoms. The molecule has 2 N–H and O–H groups in total. The predicted octanol–water partition coefficient (Wildman–Crippen LogP) is 2.97. The van der Waals surface area contributed by atoms with Crippen molar-refractivity contribution in [3.05, 3.63) is 23.8 Å². The number of rotatable bonds is 12. The fourth-order valence-electron chi connectivity index (χ4n) is 2.18. The standard InChI is InChI=1S/C19H33N3O3/c1-5-12-25-17-10-9-16(14-18(17)23-4)15-22-19(20-6-2)21-11-8-13-24-7-3/h9-10,14H,5-8,11-13,15H2,1-4H3,(H2,20,21,22). The molecule has 0 fully saturated rings. The van der Waals surface area contributed by atoms with Crippen LogP contribution in [0.3, 0.4) is 0 Å². The fourth-order valence-corrected chi connectivity index (χ4v) is 2.18. The second-order valence-corrected chi connectivity index (χ2v) is 5.51. The Bertz CT molecular complexity index is 507. The Morgan fingerprint density at radius 1 is 1.08 bits per heavy atom. The Hall–Kier alpha value is -1.95. The second-order valence-electron chi connectivity index (χ2n) is 5.51. The molecule has 0 atom stereocenters. The number of aliphatic imine (C=N–C) groups is 1. The van der Waals surface area contributed by atoms with E-state index in [2.05, 4.69) is 29.5 Å². The van der Waals surface area contributed by atoms with Crippen LogP contribution in [0.4, 0.5) is 0 Å². The summed E-state index contributed by atoms with van der Waals surface area (Å²) in [5.41, 5.74) is 1.08. The van der Waals surface area contributed by atoms with Crippen LogP contribution in [0.25, 0.3) is 0 Å². The number of nitrogens with zero attached hydrogens (tertiary/aromatic N) is 1. The highest BCUT2D eigenvalue weighted by molar-refractivity contribution is 5.79. The molecule has 0 aliphatic rings. The van der Waals surface area contributed by atoms with Crippen LogP contribution in [-0.2, 0) is 11.3 Å². The lowest BCUT2D eigenvalue weighted by molar-refractivity contribution is 0.145. The molecular weight excluding hydrogens is 318 g/mol. The van der Waals surface area contributed by atoms with Gasteiger partial charge in [0.1, 0.15) is 0 Å². The average Bonchev–Trinajstić information content (AvgIpc) is 2.64. The van der Waals surface area contributed by atoms with Crippen molar-refractivity contribution in [1.29, 1.82) is 0 Å². The third kappa shape index (κ3) is 8.63. The molecule has 0 saturated heterocycles. The minimum atomic E-state index is 0.575. The summed E-state index contributed by atoms with van der Waals surface area (Å²) in [6.45, 7) is 10.6. The Morgan fingerprint density at radius 3 is 2.60 bits per heavy atom. The first kappa shape index (κ1) is 21.1. The molecule has 0 radical (unpaired) electrons. The molecule has 0 spiro atoms. The van der Waals surface area contributed by atoms with Crippen molar-refractivity contribution in [2.45, 2.75) is 40.2 Å². The summed E-state index contributed by atoms with van der Waals surface area (Å²) in [7, 11) is 1.66. The molecule has 0 aliphatic carbocycles. The number of benzene rings is 1. The van der Waals surface area contributed by atoms with Crippen molar-refractivity contribution in [2.75, 3.05) is 40.0 Å². The summed E-state index contributed by atoms with van der Waals surface area (Å²) in [4.78, 5) is 4.63. The largest absolute Gasteiger partial charge is 0.493 e. The highest BCUT2D eigenvalue weighted by Gasteiger charge is 2.06. The van der Waals surface area contributed by atoms with Crippen LogP contribution in [-0.4, -0.2) is 46.0 Å². The van der Waals surface area contributed by atoms with Gasteiger partial charge in [0.2, 0.25) is 0 Å². The maximum Gasteiger partial charge on any atom is 0.191 e. The van der Waals surface area contributed by atoms with Gasteiger partial charge in [-0.05, 0) is 44.4 Å². The monoisotopic (exact) mass is 351 g/mol. The van der Waals surface area contributed by atoms with Crippen LogP contribution in [0.2, 0.25) is 0 Å². The maximum absolute atomic E-state index is 5.68.